The molecule has 0 aliphatic carbocycles. The molecule has 138 valence electrons. The highest BCUT2D eigenvalue weighted by molar-refractivity contribution is 6.50. The maximum Gasteiger partial charge on any atom is 0.259 e. The lowest BCUT2D eigenvalue weighted by Crippen LogP contribution is -2.22. The van der Waals surface area contributed by atoms with Crippen molar-refractivity contribution >= 4 is 44.8 Å². The van der Waals surface area contributed by atoms with Crippen LogP contribution in [0.2, 0.25) is 0 Å². The quantitative estimate of drug-likeness (QED) is 0.540. The smallest absolute Gasteiger partial charge is 0.259 e. The van der Waals surface area contributed by atoms with Crippen LogP contribution in [0.4, 0.5) is 0 Å². The van der Waals surface area contributed by atoms with Crippen molar-refractivity contribution in [3.8, 4) is 0 Å². The van der Waals surface area contributed by atoms with Crippen molar-refractivity contribution in [1.82, 2.24) is 14.9 Å². The topological polar surface area (TPSA) is 66.9 Å². The molecule has 0 unspecified atom stereocenters. The van der Waals surface area contributed by atoms with Crippen molar-refractivity contribution in [3.63, 3.8) is 0 Å². The first-order valence-electron chi connectivity index (χ1n) is 9.34. The highest BCUT2D eigenvalue weighted by Crippen LogP contribution is 2.38. The second-order valence-electron chi connectivity index (χ2n) is 7.10. The summed E-state index contributed by atoms with van der Waals surface area (Å²) in [6.07, 6.45) is 4.68. The van der Waals surface area contributed by atoms with Crippen LogP contribution >= 0.6 is 0 Å². The number of H-pyrrole nitrogens is 1. The molecule has 3 heterocycles. The lowest BCUT2D eigenvalue weighted by Gasteiger charge is -2.08. The van der Waals surface area contributed by atoms with Crippen molar-refractivity contribution < 1.29 is 9.59 Å². The zero-order chi connectivity index (χ0) is 19.4. The van der Waals surface area contributed by atoms with Crippen molar-refractivity contribution in [2.45, 2.75) is 13.3 Å². The number of nitrogens with one attached hydrogen (secondary N) is 2. The first-order valence-corrected chi connectivity index (χ1v) is 9.34. The number of amides is 2. The van der Waals surface area contributed by atoms with E-state index >= 15 is 0 Å². The van der Waals surface area contributed by atoms with Gasteiger partial charge in [0.15, 0.2) is 0 Å². The molecule has 0 radical (unpaired) electrons. The molecule has 0 fully saturated rings. The van der Waals surface area contributed by atoms with Gasteiger partial charge in [0.05, 0.1) is 16.7 Å². The molecule has 0 spiro atoms. The molecule has 2 N–H and O–H groups in total. The van der Waals surface area contributed by atoms with E-state index < -0.39 is 0 Å². The van der Waals surface area contributed by atoms with Crippen molar-refractivity contribution in [2.75, 3.05) is 0 Å². The third-order valence-electron chi connectivity index (χ3n) is 5.55. The van der Waals surface area contributed by atoms with E-state index in [2.05, 4.69) is 23.3 Å². The molecule has 5 nitrogen and oxygen atoms in total. The summed E-state index contributed by atoms with van der Waals surface area (Å²) < 4.78 is 1.98. The van der Waals surface area contributed by atoms with E-state index in [-0.39, 0.29) is 11.8 Å². The number of carbonyl (C=O) groups is 2. The largest absolute Gasteiger partial charge is 0.360 e. The van der Waals surface area contributed by atoms with Crippen molar-refractivity contribution in [2.24, 2.45) is 7.05 Å². The fourth-order valence-corrected chi connectivity index (χ4v) is 4.25. The van der Waals surface area contributed by atoms with Crippen LogP contribution in [0, 0.1) is 0 Å². The summed E-state index contributed by atoms with van der Waals surface area (Å²) in [6, 6.07) is 13.9. The van der Waals surface area contributed by atoms with Crippen LogP contribution in [0.15, 0.2) is 54.9 Å². The van der Waals surface area contributed by atoms with Gasteiger partial charge in [-0.1, -0.05) is 43.3 Å². The van der Waals surface area contributed by atoms with Crippen molar-refractivity contribution in [3.05, 3.63) is 71.5 Å². The zero-order valence-corrected chi connectivity index (χ0v) is 15.7. The van der Waals surface area contributed by atoms with E-state index in [1.54, 1.807) is 0 Å². The Balaban J connectivity index is 1.86. The Labute approximate surface area is 161 Å². The average Bonchev–Trinajstić information content (AvgIpc) is 3.36. The number of aromatic amines is 1. The summed E-state index contributed by atoms with van der Waals surface area (Å²) in [5.41, 5.74) is 5.52. The van der Waals surface area contributed by atoms with Crippen LogP contribution in [0.25, 0.3) is 33.0 Å². The summed E-state index contributed by atoms with van der Waals surface area (Å²) in [7, 11) is 1.94. The van der Waals surface area contributed by atoms with Gasteiger partial charge in [-0.05, 0) is 18.1 Å². The molecule has 0 bridgehead atoms. The van der Waals surface area contributed by atoms with Gasteiger partial charge >= 0.3 is 0 Å². The molecule has 1 aliphatic rings. The molecule has 2 aromatic heterocycles. The zero-order valence-electron chi connectivity index (χ0n) is 15.7. The van der Waals surface area contributed by atoms with E-state index in [0.717, 1.165) is 39.4 Å². The maximum atomic E-state index is 12.8. The van der Waals surface area contributed by atoms with Gasteiger partial charge in [-0.2, -0.15) is 0 Å². The molecule has 5 rings (SSSR count). The van der Waals surface area contributed by atoms with Crippen LogP contribution in [0.5, 0.6) is 0 Å². The van der Waals surface area contributed by atoms with E-state index in [4.69, 9.17) is 0 Å². The molecule has 0 saturated carbocycles. The number of fused-ring (bicyclic) bond motifs is 2. The Morgan fingerprint density at radius 1 is 0.929 bits per heavy atom. The minimum absolute atomic E-state index is 0.352. The number of aryl methyl sites for hydroxylation is 2. The number of para-hydroxylation sites is 2. The number of aromatic nitrogens is 2. The Bertz CT molecular complexity index is 1320. The molecule has 28 heavy (non-hydrogen) atoms. The molecular formula is C23H19N3O2. The predicted molar refractivity (Wildman–Crippen MR) is 111 cm³/mol. The van der Waals surface area contributed by atoms with Crippen molar-refractivity contribution in [1.29, 1.82) is 0 Å². The van der Waals surface area contributed by atoms with Gasteiger partial charge in [-0.3, -0.25) is 14.9 Å². The van der Waals surface area contributed by atoms with Crippen LogP contribution in [0.1, 0.15) is 23.6 Å². The number of imide groups is 1. The molecule has 2 aromatic carbocycles. The Morgan fingerprint density at radius 2 is 1.68 bits per heavy atom. The summed E-state index contributed by atoms with van der Waals surface area (Å²) in [4.78, 5) is 28.9. The van der Waals surface area contributed by atoms with E-state index in [9.17, 15) is 9.59 Å². The number of nitrogens with zero attached hydrogens (tertiary/aromatic N) is 1. The second kappa shape index (κ2) is 5.96. The molecule has 5 heteroatoms. The Hall–Kier alpha value is -3.60. The van der Waals surface area contributed by atoms with Gasteiger partial charge in [-0.25, -0.2) is 0 Å². The van der Waals surface area contributed by atoms with Crippen LogP contribution in [-0.2, 0) is 23.1 Å². The third kappa shape index (κ3) is 2.19. The summed E-state index contributed by atoms with van der Waals surface area (Å²) in [5, 5.41) is 4.49. The number of rotatable bonds is 3. The molecular weight excluding hydrogens is 350 g/mol. The molecule has 1 aliphatic heterocycles. The van der Waals surface area contributed by atoms with Gasteiger partial charge < -0.3 is 9.55 Å². The SMILES string of the molecule is CCc1cccc2c(C3=C(c4cccc5ccn(C)c45)C(=O)NC3=O)c[nH]c12. The fourth-order valence-electron chi connectivity index (χ4n) is 4.25. The van der Waals surface area contributed by atoms with E-state index in [1.807, 2.05) is 60.4 Å². The first kappa shape index (κ1) is 16.6. The summed E-state index contributed by atoms with van der Waals surface area (Å²) in [5.74, 6) is -0.705. The number of hydrogen-bond acceptors (Lipinski definition) is 2. The van der Waals surface area contributed by atoms with Gasteiger partial charge in [0.1, 0.15) is 0 Å². The van der Waals surface area contributed by atoms with Crippen LogP contribution in [-0.4, -0.2) is 21.4 Å². The molecule has 2 amide bonds. The van der Waals surface area contributed by atoms with Gasteiger partial charge in [-0.15, -0.1) is 0 Å². The molecule has 0 atom stereocenters. The average molecular weight is 369 g/mol. The van der Waals surface area contributed by atoms with Gasteiger partial charge in [0, 0.05) is 46.9 Å². The third-order valence-corrected chi connectivity index (χ3v) is 5.55. The predicted octanol–water partition coefficient (Wildman–Crippen LogP) is 3.79. The number of hydrogen-bond donors (Lipinski definition) is 2. The standard InChI is InChI=1S/C23H19N3O2/c1-3-13-6-4-8-15-17(12-24-20(13)15)19-18(22(27)25-23(19)28)16-9-5-7-14-10-11-26(2)21(14)16/h4-12,24H,3H2,1-2H3,(H,25,27,28). The lowest BCUT2D eigenvalue weighted by molar-refractivity contribution is -0.122. The fraction of sp³-hybridized carbons (Fsp3) is 0.130. The van der Waals surface area contributed by atoms with E-state index in [0.29, 0.717) is 11.1 Å². The van der Waals surface area contributed by atoms with Gasteiger partial charge in [0.25, 0.3) is 11.8 Å². The Kier molecular flexibility index (Phi) is 3.52. The molecule has 0 saturated heterocycles. The highest BCUT2D eigenvalue weighted by atomic mass is 16.2. The summed E-state index contributed by atoms with van der Waals surface area (Å²) in [6.45, 7) is 2.10. The minimum atomic E-state index is -0.353. The number of carbonyl (C=O) groups excluding carboxylic acids is 2. The lowest BCUT2D eigenvalue weighted by atomic mass is 9.94. The Morgan fingerprint density at radius 3 is 2.46 bits per heavy atom. The first-order chi connectivity index (χ1) is 13.6. The monoisotopic (exact) mass is 369 g/mol. The van der Waals surface area contributed by atoms with Crippen LogP contribution < -0.4 is 5.32 Å². The summed E-state index contributed by atoms with van der Waals surface area (Å²) >= 11 is 0. The van der Waals surface area contributed by atoms with Crippen LogP contribution in [0.3, 0.4) is 0 Å². The minimum Gasteiger partial charge on any atom is -0.360 e. The normalized spacial score (nSPS) is 14.5. The molecule has 4 aromatic rings. The number of benzene rings is 2. The maximum absolute atomic E-state index is 12.8. The second-order valence-corrected chi connectivity index (χ2v) is 7.10. The van der Waals surface area contributed by atoms with E-state index in [1.165, 1.54) is 5.56 Å². The van der Waals surface area contributed by atoms with Gasteiger partial charge in [0.2, 0.25) is 0 Å². The highest BCUT2D eigenvalue weighted by Gasteiger charge is 2.34.